The van der Waals surface area contributed by atoms with E-state index in [2.05, 4.69) is 5.32 Å². The van der Waals surface area contributed by atoms with Crippen molar-refractivity contribution in [1.82, 2.24) is 0 Å². The minimum Gasteiger partial charge on any atom is -0.481 e. The Morgan fingerprint density at radius 1 is 0.852 bits per heavy atom. The van der Waals surface area contributed by atoms with Crippen molar-refractivity contribution in [2.24, 2.45) is 5.92 Å². The Morgan fingerprint density at radius 2 is 1.44 bits per heavy atom. The summed E-state index contributed by atoms with van der Waals surface area (Å²) in [5.41, 5.74) is 1.80. The van der Waals surface area contributed by atoms with Gasteiger partial charge in [-0.05, 0) is 18.9 Å². The molecule has 3 N–H and O–H groups in total. The smallest absolute Gasteiger partial charge is 0.317 e. The van der Waals surface area contributed by atoms with Crippen LogP contribution in [0.3, 0.4) is 0 Å². The van der Waals surface area contributed by atoms with E-state index in [-0.39, 0.29) is 36.5 Å². The largest absolute Gasteiger partial charge is 0.481 e. The van der Waals surface area contributed by atoms with Crippen molar-refractivity contribution in [3.05, 3.63) is 64.7 Å². The summed E-state index contributed by atoms with van der Waals surface area (Å²) in [5.74, 6) is -4.70. The molecule has 0 atom stereocenters. The number of hydrogen-bond donors (Lipinski definition) is 3. The zero-order chi connectivity index (χ0) is 19.6. The zero-order valence-corrected chi connectivity index (χ0v) is 14.3. The van der Waals surface area contributed by atoms with Crippen molar-refractivity contribution < 1.29 is 29.4 Å². The van der Waals surface area contributed by atoms with Gasteiger partial charge in [0.1, 0.15) is 0 Å². The molecule has 7 nitrogen and oxygen atoms in total. The fourth-order valence-electron chi connectivity index (χ4n) is 3.17. The van der Waals surface area contributed by atoms with Gasteiger partial charge in [-0.15, -0.1) is 0 Å². The Labute approximate surface area is 154 Å². The van der Waals surface area contributed by atoms with Crippen LogP contribution < -0.4 is 5.32 Å². The highest BCUT2D eigenvalue weighted by atomic mass is 16.4. The summed E-state index contributed by atoms with van der Waals surface area (Å²) in [5, 5.41) is 20.8. The van der Waals surface area contributed by atoms with Gasteiger partial charge in [-0.2, -0.15) is 0 Å². The Balaban J connectivity index is 1.78. The fourth-order valence-corrected chi connectivity index (χ4v) is 3.17. The lowest BCUT2D eigenvalue weighted by Gasteiger charge is -2.20. The molecule has 0 aromatic heterocycles. The van der Waals surface area contributed by atoms with E-state index in [0.29, 0.717) is 22.4 Å². The molecule has 0 saturated carbocycles. The first-order valence-corrected chi connectivity index (χ1v) is 8.42. The maximum Gasteiger partial charge on any atom is 0.317 e. The molecule has 0 amide bonds. The first kappa shape index (κ1) is 18.3. The van der Waals surface area contributed by atoms with Gasteiger partial charge >= 0.3 is 11.9 Å². The molecule has 0 heterocycles. The van der Waals surface area contributed by atoms with E-state index in [4.69, 9.17) is 10.2 Å². The van der Waals surface area contributed by atoms with Crippen molar-refractivity contribution in [3.63, 3.8) is 0 Å². The molecule has 27 heavy (non-hydrogen) atoms. The molecular formula is C20H17NO6. The SMILES string of the molecule is O=C1c2ccccc2C(=O)c2c(NCCCC(C(=O)O)C(=O)O)cccc21. The lowest BCUT2D eigenvalue weighted by atomic mass is 9.83. The summed E-state index contributed by atoms with van der Waals surface area (Å²) >= 11 is 0. The topological polar surface area (TPSA) is 121 Å². The number of carboxylic acid groups (broad SMARTS) is 2. The van der Waals surface area contributed by atoms with Gasteiger partial charge in [0.25, 0.3) is 0 Å². The first-order chi connectivity index (χ1) is 12.9. The van der Waals surface area contributed by atoms with Crippen LogP contribution in [0.4, 0.5) is 5.69 Å². The summed E-state index contributed by atoms with van der Waals surface area (Å²) in [4.78, 5) is 47.3. The third-order valence-corrected chi connectivity index (χ3v) is 4.53. The van der Waals surface area contributed by atoms with Gasteiger partial charge in [0.15, 0.2) is 17.5 Å². The Bertz CT molecular complexity index is 935. The highest BCUT2D eigenvalue weighted by Gasteiger charge is 2.31. The van der Waals surface area contributed by atoms with Gasteiger partial charge in [-0.25, -0.2) is 0 Å². The van der Waals surface area contributed by atoms with E-state index in [1.54, 1.807) is 42.5 Å². The van der Waals surface area contributed by atoms with E-state index in [9.17, 15) is 19.2 Å². The van der Waals surface area contributed by atoms with Crippen LogP contribution in [0.1, 0.15) is 44.7 Å². The third-order valence-electron chi connectivity index (χ3n) is 4.53. The van der Waals surface area contributed by atoms with Crippen LogP contribution in [-0.2, 0) is 9.59 Å². The number of nitrogens with one attached hydrogen (secondary N) is 1. The van der Waals surface area contributed by atoms with E-state index in [1.807, 2.05) is 0 Å². The second kappa shape index (κ2) is 7.41. The van der Waals surface area contributed by atoms with Crippen molar-refractivity contribution in [2.45, 2.75) is 12.8 Å². The predicted octanol–water partition coefficient (Wildman–Crippen LogP) is 2.44. The highest BCUT2D eigenvalue weighted by molar-refractivity contribution is 6.30. The molecule has 0 radical (unpaired) electrons. The van der Waals surface area contributed by atoms with Crippen molar-refractivity contribution >= 4 is 29.2 Å². The molecule has 1 aliphatic rings. The van der Waals surface area contributed by atoms with Gasteiger partial charge in [-0.1, -0.05) is 36.4 Å². The number of ketones is 2. The first-order valence-electron chi connectivity index (χ1n) is 8.42. The maximum absolute atomic E-state index is 12.8. The Hall–Kier alpha value is -3.48. The monoisotopic (exact) mass is 367 g/mol. The number of aliphatic carboxylic acids is 2. The summed E-state index contributed by atoms with van der Waals surface area (Å²) in [6, 6.07) is 11.6. The fraction of sp³-hybridized carbons (Fsp3) is 0.200. The van der Waals surface area contributed by atoms with E-state index >= 15 is 0 Å². The number of carboxylic acids is 2. The molecule has 3 rings (SSSR count). The standard InChI is InChI=1S/C20H17NO6/c22-17-11-5-1-2-6-12(11)18(23)16-13(17)7-3-9-15(16)21-10-4-8-14(19(24)25)20(26)27/h1-3,5-7,9,14,21H,4,8,10H2,(H,24,25)(H,26,27). The minimum atomic E-state index is -1.47. The summed E-state index contributed by atoms with van der Waals surface area (Å²) < 4.78 is 0. The van der Waals surface area contributed by atoms with Gasteiger partial charge in [0.2, 0.25) is 0 Å². The van der Waals surface area contributed by atoms with Crippen LogP contribution >= 0.6 is 0 Å². The molecule has 0 saturated heterocycles. The molecule has 2 aromatic carbocycles. The molecule has 0 fully saturated rings. The van der Waals surface area contributed by atoms with E-state index < -0.39 is 17.9 Å². The number of anilines is 1. The average molecular weight is 367 g/mol. The van der Waals surface area contributed by atoms with Crippen molar-refractivity contribution in [1.29, 1.82) is 0 Å². The van der Waals surface area contributed by atoms with Crippen LogP contribution in [0.15, 0.2) is 42.5 Å². The lowest BCUT2D eigenvalue weighted by Crippen LogP contribution is -2.24. The number of fused-ring (bicyclic) bond motifs is 2. The molecule has 0 aliphatic heterocycles. The van der Waals surface area contributed by atoms with Gasteiger partial charge in [0, 0.05) is 28.9 Å². The number of carbonyl (C=O) groups is 4. The van der Waals surface area contributed by atoms with Gasteiger partial charge < -0.3 is 15.5 Å². The van der Waals surface area contributed by atoms with E-state index in [0.717, 1.165) is 0 Å². The molecule has 0 spiro atoms. The lowest BCUT2D eigenvalue weighted by molar-refractivity contribution is -0.154. The van der Waals surface area contributed by atoms with Crippen LogP contribution in [0.2, 0.25) is 0 Å². The van der Waals surface area contributed by atoms with E-state index in [1.165, 1.54) is 0 Å². The predicted molar refractivity (Wildman–Crippen MR) is 96.2 cm³/mol. The van der Waals surface area contributed by atoms with Crippen LogP contribution in [0.25, 0.3) is 0 Å². The molecule has 138 valence electrons. The second-order valence-corrected chi connectivity index (χ2v) is 6.23. The van der Waals surface area contributed by atoms with Crippen molar-refractivity contribution in [3.8, 4) is 0 Å². The summed E-state index contributed by atoms with van der Waals surface area (Å²) in [7, 11) is 0. The normalized spacial score (nSPS) is 12.5. The Morgan fingerprint density at radius 3 is 2.07 bits per heavy atom. The highest BCUT2D eigenvalue weighted by Crippen LogP contribution is 2.31. The summed E-state index contributed by atoms with van der Waals surface area (Å²) in [6.07, 6.45) is 0.244. The molecule has 7 heteroatoms. The maximum atomic E-state index is 12.8. The molecule has 0 bridgehead atoms. The zero-order valence-electron chi connectivity index (χ0n) is 14.3. The number of carbonyl (C=O) groups excluding carboxylic acids is 2. The molecule has 2 aromatic rings. The second-order valence-electron chi connectivity index (χ2n) is 6.23. The van der Waals surface area contributed by atoms with Crippen LogP contribution in [-0.4, -0.2) is 40.3 Å². The van der Waals surface area contributed by atoms with Crippen LogP contribution in [0.5, 0.6) is 0 Å². The molecule has 1 aliphatic carbocycles. The van der Waals surface area contributed by atoms with Gasteiger partial charge in [0.05, 0.1) is 5.56 Å². The Kier molecular flexibility index (Phi) is 5.03. The van der Waals surface area contributed by atoms with Crippen LogP contribution in [0, 0.1) is 5.92 Å². The number of rotatable bonds is 7. The van der Waals surface area contributed by atoms with Crippen molar-refractivity contribution in [2.75, 3.05) is 11.9 Å². The number of benzene rings is 2. The molecule has 0 unspecified atom stereocenters. The average Bonchev–Trinajstić information content (AvgIpc) is 2.65. The number of hydrogen-bond acceptors (Lipinski definition) is 5. The quantitative estimate of drug-likeness (QED) is 0.433. The van der Waals surface area contributed by atoms with Gasteiger partial charge in [-0.3, -0.25) is 19.2 Å². The minimum absolute atomic E-state index is 0.0393. The molecular weight excluding hydrogens is 350 g/mol. The summed E-state index contributed by atoms with van der Waals surface area (Å²) in [6.45, 7) is 0.274. The third kappa shape index (κ3) is 3.44.